The molecule has 0 unspecified atom stereocenters. The van der Waals surface area contributed by atoms with Gasteiger partial charge < -0.3 is 4.90 Å². The second-order valence-corrected chi connectivity index (χ2v) is 6.00. The molecule has 0 N–H and O–H groups in total. The maximum absolute atomic E-state index is 12.4. The Hall–Kier alpha value is -2.74. The first kappa shape index (κ1) is 14.8. The Morgan fingerprint density at radius 1 is 1.21 bits per heavy atom. The van der Waals surface area contributed by atoms with Crippen molar-refractivity contribution in [2.24, 2.45) is 0 Å². The molecule has 0 bridgehead atoms. The van der Waals surface area contributed by atoms with Gasteiger partial charge in [-0.1, -0.05) is 28.9 Å². The molecule has 0 aliphatic carbocycles. The van der Waals surface area contributed by atoms with Gasteiger partial charge in [0.05, 0.1) is 35.2 Å². The number of amides is 1. The Morgan fingerprint density at radius 3 is 2.71 bits per heavy atom. The molecule has 8 nitrogen and oxygen atoms in total. The van der Waals surface area contributed by atoms with Gasteiger partial charge in [-0.15, -0.1) is 5.10 Å². The summed E-state index contributed by atoms with van der Waals surface area (Å²) in [5.41, 5.74) is 1.31. The molecule has 4 rings (SSSR count). The fourth-order valence-electron chi connectivity index (χ4n) is 2.63. The van der Waals surface area contributed by atoms with Crippen LogP contribution < -0.4 is 0 Å². The van der Waals surface area contributed by atoms with E-state index in [4.69, 9.17) is 11.6 Å². The van der Waals surface area contributed by atoms with Crippen LogP contribution in [0.1, 0.15) is 22.1 Å². The largest absolute Gasteiger partial charge is 0.334 e. The molecule has 1 saturated heterocycles. The smallest absolute Gasteiger partial charge is 0.255 e. The average Bonchev–Trinajstić information content (AvgIpc) is 3.19. The Kier molecular flexibility index (Phi) is 3.73. The number of benzene rings is 1. The van der Waals surface area contributed by atoms with Crippen molar-refractivity contribution in [1.29, 1.82) is 0 Å². The SMILES string of the molecule is O=C(c1ccccc1Cl)N1CC(n2cc(Cn3nccn3)nn2)C1. The summed E-state index contributed by atoms with van der Waals surface area (Å²) in [6, 6.07) is 7.21. The maximum atomic E-state index is 12.4. The van der Waals surface area contributed by atoms with E-state index in [1.807, 2.05) is 18.3 Å². The van der Waals surface area contributed by atoms with E-state index in [0.717, 1.165) is 5.69 Å². The Balaban J connectivity index is 1.38. The van der Waals surface area contributed by atoms with Gasteiger partial charge >= 0.3 is 0 Å². The highest BCUT2D eigenvalue weighted by Crippen LogP contribution is 2.25. The minimum atomic E-state index is -0.0575. The third-order valence-corrected chi connectivity index (χ3v) is 4.29. The van der Waals surface area contributed by atoms with Crippen molar-refractivity contribution >= 4 is 17.5 Å². The van der Waals surface area contributed by atoms with Crippen molar-refractivity contribution in [2.75, 3.05) is 13.1 Å². The number of halogens is 1. The Labute approximate surface area is 142 Å². The molecule has 1 amide bonds. The van der Waals surface area contributed by atoms with Crippen molar-refractivity contribution in [1.82, 2.24) is 34.9 Å². The summed E-state index contributed by atoms with van der Waals surface area (Å²) in [6.07, 6.45) is 5.11. The molecule has 0 atom stereocenters. The van der Waals surface area contributed by atoms with E-state index in [2.05, 4.69) is 20.5 Å². The van der Waals surface area contributed by atoms with Crippen LogP contribution in [-0.2, 0) is 6.54 Å². The molecule has 1 aliphatic heterocycles. The van der Waals surface area contributed by atoms with Crippen molar-refractivity contribution in [2.45, 2.75) is 12.6 Å². The highest BCUT2D eigenvalue weighted by atomic mass is 35.5. The molecule has 9 heteroatoms. The number of carbonyl (C=O) groups excluding carboxylic acids is 1. The van der Waals surface area contributed by atoms with Crippen LogP contribution in [0.15, 0.2) is 42.9 Å². The molecule has 1 aromatic carbocycles. The van der Waals surface area contributed by atoms with Crippen LogP contribution in [0.3, 0.4) is 0 Å². The second kappa shape index (κ2) is 6.04. The predicted molar refractivity (Wildman–Crippen MR) is 85.5 cm³/mol. The highest BCUT2D eigenvalue weighted by Gasteiger charge is 2.33. The Morgan fingerprint density at radius 2 is 1.96 bits per heavy atom. The zero-order chi connectivity index (χ0) is 16.5. The minimum absolute atomic E-state index is 0.0575. The average molecular weight is 344 g/mol. The van der Waals surface area contributed by atoms with Crippen LogP contribution in [0.2, 0.25) is 5.02 Å². The molecule has 3 heterocycles. The van der Waals surface area contributed by atoms with E-state index in [9.17, 15) is 4.79 Å². The number of nitrogens with zero attached hydrogens (tertiary/aromatic N) is 7. The van der Waals surface area contributed by atoms with E-state index >= 15 is 0 Å². The van der Waals surface area contributed by atoms with Crippen LogP contribution in [0.25, 0.3) is 0 Å². The lowest BCUT2D eigenvalue weighted by Crippen LogP contribution is -2.51. The third-order valence-electron chi connectivity index (χ3n) is 3.96. The first-order chi connectivity index (χ1) is 11.7. The van der Waals surface area contributed by atoms with Gasteiger partial charge in [-0.3, -0.25) is 4.79 Å². The van der Waals surface area contributed by atoms with Crippen molar-refractivity contribution in [3.05, 3.63) is 59.1 Å². The molecule has 0 spiro atoms. The number of hydrogen-bond acceptors (Lipinski definition) is 5. The quantitative estimate of drug-likeness (QED) is 0.712. The fraction of sp³-hybridized carbons (Fsp3) is 0.267. The van der Waals surface area contributed by atoms with Crippen molar-refractivity contribution in [3.8, 4) is 0 Å². The predicted octanol–water partition coefficient (Wildman–Crippen LogP) is 1.27. The molecule has 0 radical (unpaired) electrons. The Bertz CT molecular complexity index is 854. The first-order valence-electron chi connectivity index (χ1n) is 7.49. The molecule has 122 valence electrons. The topological polar surface area (TPSA) is 81.7 Å². The van der Waals surface area contributed by atoms with Gasteiger partial charge in [0.15, 0.2) is 0 Å². The standard InChI is InChI=1S/C15H14ClN7O/c16-14-4-2-1-3-13(14)15(24)21-9-12(10-21)22-7-11(19-20-22)8-23-17-5-6-18-23/h1-7,12H,8-10H2. The molecule has 24 heavy (non-hydrogen) atoms. The molecular weight excluding hydrogens is 330 g/mol. The fourth-order valence-corrected chi connectivity index (χ4v) is 2.84. The summed E-state index contributed by atoms with van der Waals surface area (Å²) in [5.74, 6) is -0.0575. The molecule has 3 aromatic rings. The number of aromatic nitrogens is 6. The van der Waals surface area contributed by atoms with Gasteiger partial charge in [0.2, 0.25) is 0 Å². The molecule has 0 saturated carbocycles. The summed E-state index contributed by atoms with van der Waals surface area (Å²) >= 11 is 6.08. The first-order valence-corrected chi connectivity index (χ1v) is 7.87. The summed E-state index contributed by atoms with van der Waals surface area (Å²) < 4.78 is 1.79. The van der Waals surface area contributed by atoms with Crippen molar-refractivity contribution < 1.29 is 4.79 Å². The van der Waals surface area contributed by atoms with Gasteiger partial charge in [0, 0.05) is 13.1 Å². The summed E-state index contributed by atoms with van der Waals surface area (Å²) in [6.45, 7) is 1.65. The molecule has 2 aromatic heterocycles. The lowest BCUT2D eigenvalue weighted by molar-refractivity contribution is 0.0498. The lowest BCUT2D eigenvalue weighted by Gasteiger charge is -2.39. The lowest BCUT2D eigenvalue weighted by atomic mass is 10.1. The number of likely N-dealkylation sites (tertiary alicyclic amines) is 1. The van der Waals surface area contributed by atoms with E-state index in [1.165, 1.54) is 0 Å². The van der Waals surface area contributed by atoms with Gasteiger partial charge in [-0.05, 0) is 12.1 Å². The van der Waals surface area contributed by atoms with E-state index < -0.39 is 0 Å². The third kappa shape index (κ3) is 2.76. The van der Waals surface area contributed by atoms with Gasteiger partial charge in [0.1, 0.15) is 12.2 Å². The van der Waals surface area contributed by atoms with Crippen LogP contribution in [0.5, 0.6) is 0 Å². The van der Waals surface area contributed by atoms with Gasteiger partial charge in [-0.2, -0.15) is 15.0 Å². The molecular formula is C15H14ClN7O. The van der Waals surface area contributed by atoms with Crippen LogP contribution in [0.4, 0.5) is 0 Å². The monoisotopic (exact) mass is 343 g/mol. The number of rotatable bonds is 4. The number of carbonyl (C=O) groups is 1. The maximum Gasteiger partial charge on any atom is 0.255 e. The molecule has 1 fully saturated rings. The number of hydrogen-bond donors (Lipinski definition) is 0. The van der Waals surface area contributed by atoms with Gasteiger partial charge in [0.25, 0.3) is 5.91 Å². The minimum Gasteiger partial charge on any atom is -0.334 e. The van der Waals surface area contributed by atoms with Crippen LogP contribution in [0, 0.1) is 0 Å². The van der Waals surface area contributed by atoms with Crippen LogP contribution in [-0.4, -0.2) is 53.9 Å². The molecule has 1 aliphatic rings. The zero-order valence-electron chi connectivity index (χ0n) is 12.7. The summed E-state index contributed by atoms with van der Waals surface area (Å²) in [5, 5.41) is 16.8. The highest BCUT2D eigenvalue weighted by molar-refractivity contribution is 6.33. The second-order valence-electron chi connectivity index (χ2n) is 5.59. The normalized spacial score (nSPS) is 14.6. The van der Waals surface area contributed by atoms with E-state index in [0.29, 0.717) is 30.2 Å². The zero-order valence-corrected chi connectivity index (χ0v) is 13.4. The van der Waals surface area contributed by atoms with E-state index in [1.54, 1.807) is 38.9 Å². The van der Waals surface area contributed by atoms with Crippen LogP contribution >= 0.6 is 11.6 Å². The summed E-state index contributed by atoms with van der Waals surface area (Å²) in [4.78, 5) is 15.7. The van der Waals surface area contributed by atoms with E-state index in [-0.39, 0.29) is 11.9 Å². The van der Waals surface area contributed by atoms with Gasteiger partial charge in [-0.25, -0.2) is 4.68 Å². The van der Waals surface area contributed by atoms with Crippen molar-refractivity contribution in [3.63, 3.8) is 0 Å². The summed E-state index contributed by atoms with van der Waals surface area (Å²) in [7, 11) is 0.